The Hall–Kier alpha value is -2.69. The molecule has 0 aromatic heterocycles. The molecule has 0 bridgehead atoms. The number of phenols is 2. The van der Waals surface area contributed by atoms with Gasteiger partial charge in [0.05, 0.1) is 0 Å². The first-order valence-corrected chi connectivity index (χ1v) is 8.95. The predicted molar refractivity (Wildman–Crippen MR) is 99.2 cm³/mol. The molecular formula is C21H26O5. The summed E-state index contributed by atoms with van der Waals surface area (Å²) in [6, 6.07) is 10.8. The van der Waals surface area contributed by atoms with E-state index in [4.69, 9.17) is 9.47 Å². The third-order valence-corrected chi connectivity index (χ3v) is 4.14. The molecule has 5 nitrogen and oxygen atoms in total. The van der Waals surface area contributed by atoms with Crippen LogP contribution in [-0.4, -0.2) is 16.4 Å². The van der Waals surface area contributed by atoms with Gasteiger partial charge in [-0.2, -0.15) is 0 Å². The predicted octanol–water partition coefficient (Wildman–Crippen LogP) is 4.86. The lowest BCUT2D eigenvalue weighted by molar-refractivity contribution is 0.0438. The van der Waals surface area contributed by atoms with Crippen LogP contribution in [0.1, 0.15) is 48.9 Å². The van der Waals surface area contributed by atoms with Crippen molar-refractivity contribution >= 4 is 6.16 Å². The van der Waals surface area contributed by atoms with Gasteiger partial charge >= 0.3 is 6.16 Å². The Morgan fingerprint density at radius 2 is 1.15 bits per heavy atom. The summed E-state index contributed by atoms with van der Waals surface area (Å²) in [5, 5.41) is 20.4. The number of ether oxygens (including phenoxy) is 2. The molecule has 0 unspecified atom stereocenters. The van der Waals surface area contributed by atoms with Crippen molar-refractivity contribution in [2.24, 2.45) is 0 Å². The molecule has 5 heteroatoms. The van der Waals surface area contributed by atoms with Gasteiger partial charge in [-0.05, 0) is 24.0 Å². The number of carbonyl (C=O) groups excluding carboxylic acids is 1. The highest BCUT2D eigenvalue weighted by atomic mass is 16.7. The van der Waals surface area contributed by atoms with Gasteiger partial charge in [0, 0.05) is 11.1 Å². The van der Waals surface area contributed by atoms with Crippen molar-refractivity contribution in [2.75, 3.05) is 0 Å². The van der Waals surface area contributed by atoms with Crippen LogP contribution in [0.15, 0.2) is 36.4 Å². The molecule has 2 rings (SSSR count). The molecule has 0 saturated carbocycles. The molecule has 0 atom stereocenters. The maximum atomic E-state index is 11.8. The smallest absolute Gasteiger partial charge is 0.507 e. The number of hydrogen-bond acceptors (Lipinski definition) is 5. The summed E-state index contributed by atoms with van der Waals surface area (Å²) in [6.45, 7) is 3.93. The molecule has 2 N–H and O–H groups in total. The van der Waals surface area contributed by atoms with Gasteiger partial charge in [-0.3, -0.25) is 0 Å². The van der Waals surface area contributed by atoms with Crippen LogP contribution in [0.25, 0.3) is 0 Å². The first kappa shape index (κ1) is 19.6. The van der Waals surface area contributed by atoms with Gasteiger partial charge in [-0.15, -0.1) is 0 Å². The third kappa shape index (κ3) is 5.15. The molecule has 0 saturated heterocycles. The van der Waals surface area contributed by atoms with Crippen molar-refractivity contribution in [3.63, 3.8) is 0 Å². The van der Waals surface area contributed by atoms with Gasteiger partial charge in [-0.1, -0.05) is 63.1 Å². The van der Waals surface area contributed by atoms with E-state index >= 15 is 0 Å². The Labute approximate surface area is 154 Å². The zero-order valence-electron chi connectivity index (χ0n) is 15.3. The summed E-state index contributed by atoms with van der Waals surface area (Å²) in [5.74, 6) is 0.319. The number of aryl methyl sites for hydroxylation is 2. The Morgan fingerprint density at radius 1 is 0.769 bits per heavy atom. The van der Waals surface area contributed by atoms with Crippen LogP contribution in [0.3, 0.4) is 0 Å². The molecule has 0 spiro atoms. The molecule has 0 amide bonds. The van der Waals surface area contributed by atoms with Gasteiger partial charge in [0.25, 0.3) is 0 Å². The van der Waals surface area contributed by atoms with Gasteiger partial charge in [-0.25, -0.2) is 4.79 Å². The van der Waals surface area contributed by atoms with Crippen molar-refractivity contribution in [1.29, 1.82) is 0 Å². The molecule has 0 fully saturated rings. The molecule has 2 aromatic carbocycles. The first-order valence-electron chi connectivity index (χ1n) is 8.95. The largest absolute Gasteiger partial charge is 0.508 e. The summed E-state index contributed by atoms with van der Waals surface area (Å²) in [7, 11) is 0. The third-order valence-electron chi connectivity index (χ3n) is 4.14. The summed E-state index contributed by atoms with van der Waals surface area (Å²) < 4.78 is 10.2. The summed E-state index contributed by atoms with van der Waals surface area (Å²) >= 11 is 0. The molecule has 26 heavy (non-hydrogen) atoms. The van der Waals surface area contributed by atoms with Crippen molar-refractivity contribution in [2.45, 2.75) is 52.7 Å². The minimum atomic E-state index is -0.842. The molecule has 0 radical (unpaired) electrons. The molecule has 2 aromatic rings. The van der Waals surface area contributed by atoms with Gasteiger partial charge in [0.2, 0.25) is 0 Å². The Morgan fingerprint density at radius 3 is 1.54 bits per heavy atom. The first-order chi connectivity index (χ1) is 12.6. The topological polar surface area (TPSA) is 76.0 Å². The maximum Gasteiger partial charge on any atom is 0.508 e. The van der Waals surface area contributed by atoms with Crippen molar-refractivity contribution in [3.05, 3.63) is 58.7 Å². The van der Waals surface area contributed by atoms with E-state index in [0.717, 1.165) is 36.8 Å². The number of carbonyl (C=O) groups is 1. The number of rotatable bonds is 8. The molecule has 0 heterocycles. The quantitative estimate of drug-likeness (QED) is 0.659. The summed E-state index contributed by atoms with van der Waals surface area (Å²) in [6.07, 6.45) is 2.52. The fourth-order valence-corrected chi connectivity index (χ4v) is 2.78. The highest BCUT2D eigenvalue weighted by molar-refractivity contribution is 5.60. The van der Waals surface area contributed by atoms with Crippen LogP contribution in [0.4, 0.5) is 4.79 Å². The number of benzene rings is 2. The van der Waals surface area contributed by atoms with Gasteiger partial charge in [0.1, 0.15) is 24.7 Å². The minimum absolute atomic E-state index is 0.0654. The lowest BCUT2D eigenvalue weighted by Crippen LogP contribution is -2.08. The van der Waals surface area contributed by atoms with Crippen molar-refractivity contribution in [3.8, 4) is 11.5 Å². The highest BCUT2D eigenvalue weighted by Crippen LogP contribution is 2.26. The van der Waals surface area contributed by atoms with Crippen LogP contribution in [-0.2, 0) is 35.5 Å². The number of phenolic OH excluding ortho intramolecular Hbond substituents is 2. The monoisotopic (exact) mass is 358 g/mol. The lowest BCUT2D eigenvalue weighted by Gasteiger charge is -2.11. The van der Waals surface area contributed by atoms with Crippen LogP contribution in [0, 0.1) is 0 Å². The van der Waals surface area contributed by atoms with Crippen molar-refractivity contribution < 1.29 is 24.5 Å². The van der Waals surface area contributed by atoms with E-state index in [0.29, 0.717) is 11.1 Å². The Kier molecular flexibility index (Phi) is 7.33. The molecule has 0 aliphatic heterocycles. The summed E-state index contributed by atoms with van der Waals surface area (Å²) in [4.78, 5) is 11.8. The Bertz CT molecular complexity index is 678. The normalized spacial score (nSPS) is 10.5. The number of hydrogen-bond donors (Lipinski definition) is 2. The zero-order chi connectivity index (χ0) is 18.9. The fraction of sp³-hybridized carbons (Fsp3) is 0.381. The fourth-order valence-electron chi connectivity index (χ4n) is 2.78. The molecule has 0 aliphatic rings. The van der Waals surface area contributed by atoms with Crippen LogP contribution >= 0.6 is 0 Å². The van der Waals surface area contributed by atoms with Crippen LogP contribution in [0.5, 0.6) is 11.5 Å². The standard InChI is InChI=1S/C21H26O5/c1-3-7-15-9-5-11-17(19(15)22)13-25-21(24)26-14-18-12-6-10-16(8-4-2)20(18)23/h5-6,9-12,22-23H,3-4,7-8,13-14H2,1-2H3. The van der Waals surface area contributed by atoms with E-state index < -0.39 is 6.16 Å². The highest BCUT2D eigenvalue weighted by Gasteiger charge is 2.12. The molecule has 0 aliphatic carbocycles. The molecular weight excluding hydrogens is 332 g/mol. The average molecular weight is 358 g/mol. The second-order valence-corrected chi connectivity index (χ2v) is 6.18. The van der Waals surface area contributed by atoms with Crippen LogP contribution < -0.4 is 0 Å². The van der Waals surface area contributed by atoms with E-state index in [1.807, 2.05) is 38.1 Å². The van der Waals surface area contributed by atoms with Crippen LogP contribution in [0.2, 0.25) is 0 Å². The number of aromatic hydroxyl groups is 2. The van der Waals surface area contributed by atoms with Crippen molar-refractivity contribution in [1.82, 2.24) is 0 Å². The average Bonchev–Trinajstić information content (AvgIpc) is 2.63. The zero-order valence-corrected chi connectivity index (χ0v) is 15.3. The molecule has 140 valence electrons. The number of para-hydroxylation sites is 2. The lowest BCUT2D eigenvalue weighted by atomic mass is 10.1. The second-order valence-electron chi connectivity index (χ2n) is 6.18. The van der Waals surface area contributed by atoms with E-state index in [2.05, 4.69) is 0 Å². The van der Waals surface area contributed by atoms with E-state index in [9.17, 15) is 15.0 Å². The summed E-state index contributed by atoms with van der Waals surface area (Å²) in [5.41, 5.74) is 2.75. The SMILES string of the molecule is CCCc1cccc(COC(=O)OCc2cccc(CCC)c2O)c1O. The van der Waals surface area contributed by atoms with Gasteiger partial charge < -0.3 is 19.7 Å². The van der Waals surface area contributed by atoms with E-state index in [-0.39, 0.29) is 24.7 Å². The second kappa shape index (κ2) is 9.70. The Balaban J connectivity index is 1.90. The maximum absolute atomic E-state index is 11.8. The van der Waals surface area contributed by atoms with E-state index in [1.165, 1.54) is 0 Å². The van der Waals surface area contributed by atoms with Gasteiger partial charge in [0.15, 0.2) is 0 Å². The van der Waals surface area contributed by atoms with E-state index in [1.54, 1.807) is 12.1 Å². The minimum Gasteiger partial charge on any atom is -0.507 e.